The predicted octanol–water partition coefficient (Wildman–Crippen LogP) is 7.18. The molecule has 4 nitrogen and oxygen atoms in total. The number of amides is 1. The maximum Gasteiger partial charge on any atom is 0.222 e. The minimum Gasteiger partial charge on any atom is -0.381 e. The van der Waals surface area contributed by atoms with Crippen LogP contribution in [0.3, 0.4) is 0 Å². The zero-order chi connectivity index (χ0) is 23.8. The molecule has 1 rings (SSSR count). The third kappa shape index (κ3) is 17.9. The van der Waals surface area contributed by atoms with Crippen molar-refractivity contribution in [2.75, 3.05) is 32.8 Å². The summed E-state index contributed by atoms with van der Waals surface area (Å²) in [5.41, 5.74) is 5.51. The standard InChI is InChI=1S/C29H54N2O2/c1-2-3-4-5-6-7-8-9-10-11-12-13-14-15-16-20-25-33-27-28-22-24-31(26-28)29(32)21-18-17-19-23-30/h6-7,9-10,28H,2-5,8,11-27,30H2,1H3/b7-6-,10-9-. The summed E-state index contributed by atoms with van der Waals surface area (Å²) in [6, 6.07) is 0. The fourth-order valence-electron chi connectivity index (χ4n) is 4.39. The Hall–Kier alpha value is -1.13. The molecule has 1 unspecified atom stereocenters. The highest BCUT2D eigenvalue weighted by atomic mass is 16.5. The number of hydrogen-bond acceptors (Lipinski definition) is 3. The lowest BCUT2D eigenvalue weighted by Gasteiger charge is -2.16. The van der Waals surface area contributed by atoms with Crippen LogP contribution in [0.1, 0.15) is 116 Å². The first-order valence-electron chi connectivity index (χ1n) is 14.1. The molecule has 4 heteroatoms. The van der Waals surface area contributed by atoms with Crippen LogP contribution < -0.4 is 5.73 Å². The van der Waals surface area contributed by atoms with Crippen LogP contribution in [0, 0.1) is 5.92 Å². The number of nitrogens with two attached hydrogens (primary N) is 1. The highest BCUT2D eigenvalue weighted by Crippen LogP contribution is 2.18. The Morgan fingerprint density at radius 2 is 1.55 bits per heavy atom. The summed E-state index contributed by atoms with van der Waals surface area (Å²) in [5, 5.41) is 0. The van der Waals surface area contributed by atoms with Crippen LogP contribution in [0.15, 0.2) is 24.3 Å². The molecule has 192 valence electrons. The van der Waals surface area contributed by atoms with E-state index in [0.717, 1.165) is 65.0 Å². The van der Waals surface area contributed by atoms with Gasteiger partial charge < -0.3 is 15.4 Å². The monoisotopic (exact) mass is 462 g/mol. The molecular weight excluding hydrogens is 408 g/mol. The van der Waals surface area contributed by atoms with Crippen molar-refractivity contribution in [3.05, 3.63) is 24.3 Å². The lowest BCUT2D eigenvalue weighted by molar-refractivity contribution is -0.130. The summed E-state index contributed by atoms with van der Waals surface area (Å²) in [4.78, 5) is 14.3. The minimum atomic E-state index is 0.319. The van der Waals surface area contributed by atoms with Crippen LogP contribution in [0.4, 0.5) is 0 Å². The van der Waals surface area contributed by atoms with Crippen molar-refractivity contribution in [1.29, 1.82) is 0 Å². The molecule has 1 heterocycles. The lowest BCUT2D eigenvalue weighted by atomic mass is 10.1. The maximum absolute atomic E-state index is 12.2. The predicted molar refractivity (Wildman–Crippen MR) is 142 cm³/mol. The van der Waals surface area contributed by atoms with Crippen molar-refractivity contribution in [1.82, 2.24) is 4.90 Å². The smallest absolute Gasteiger partial charge is 0.222 e. The first-order valence-corrected chi connectivity index (χ1v) is 14.1. The first kappa shape index (κ1) is 29.9. The Balaban J connectivity index is 1.83. The van der Waals surface area contributed by atoms with E-state index in [9.17, 15) is 4.79 Å². The fourth-order valence-corrected chi connectivity index (χ4v) is 4.39. The van der Waals surface area contributed by atoms with Crippen LogP contribution in [0.2, 0.25) is 0 Å². The summed E-state index contributed by atoms with van der Waals surface area (Å²) >= 11 is 0. The number of rotatable bonds is 22. The molecule has 0 saturated carbocycles. The number of unbranched alkanes of at least 4 members (excludes halogenated alkanes) is 11. The van der Waals surface area contributed by atoms with Gasteiger partial charge in [-0.25, -0.2) is 0 Å². The number of ether oxygens (including phenoxy) is 1. The minimum absolute atomic E-state index is 0.319. The molecule has 0 aliphatic carbocycles. The van der Waals surface area contributed by atoms with Gasteiger partial charge >= 0.3 is 0 Å². The van der Waals surface area contributed by atoms with Gasteiger partial charge in [0.05, 0.1) is 6.61 Å². The molecule has 1 fully saturated rings. The quantitative estimate of drug-likeness (QED) is 0.137. The number of nitrogens with zero attached hydrogens (tertiary/aromatic N) is 1. The molecular formula is C29H54N2O2. The van der Waals surface area contributed by atoms with Gasteiger partial charge in [0.1, 0.15) is 0 Å². The SMILES string of the molecule is CCCCC/C=C\C/C=C\CCCCCCCCOCC1CCN(C(=O)CCCCCN)C1. The highest BCUT2D eigenvalue weighted by molar-refractivity contribution is 5.76. The number of carbonyl (C=O) groups is 1. The van der Waals surface area contributed by atoms with Crippen LogP contribution in [-0.4, -0.2) is 43.7 Å². The van der Waals surface area contributed by atoms with Gasteiger partial charge in [0.2, 0.25) is 5.91 Å². The molecule has 0 spiro atoms. The van der Waals surface area contributed by atoms with Crippen molar-refractivity contribution in [3.63, 3.8) is 0 Å². The van der Waals surface area contributed by atoms with Gasteiger partial charge in [0, 0.05) is 32.0 Å². The number of hydrogen-bond donors (Lipinski definition) is 1. The summed E-state index contributed by atoms with van der Waals surface area (Å²) in [5.74, 6) is 0.849. The summed E-state index contributed by atoms with van der Waals surface area (Å²) in [6.45, 7) is 6.47. The first-order chi connectivity index (χ1) is 16.3. The number of carbonyl (C=O) groups excluding carboxylic acids is 1. The molecule has 0 aromatic carbocycles. The van der Waals surface area contributed by atoms with Gasteiger partial charge in [-0.05, 0) is 64.3 Å². The molecule has 33 heavy (non-hydrogen) atoms. The van der Waals surface area contributed by atoms with E-state index in [0.29, 0.717) is 18.2 Å². The van der Waals surface area contributed by atoms with Gasteiger partial charge in [0.25, 0.3) is 0 Å². The zero-order valence-corrected chi connectivity index (χ0v) is 21.8. The molecule has 1 aliphatic heterocycles. The maximum atomic E-state index is 12.2. The van der Waals surface area contributed by atoms with E-state index in [1.54, 1.807) is 0 Å². The third-order valence-corrected chi connectivity index (χ3v) is 6.58. The summed E-state index contributed by atoms with van der Waals surface area (Å²) < 4.78 is 5.91. The van der Waals surface area contributed by atoms with Crippen molar-refractivity contribution >= 4 is 5.91 Å². The van der Waals surface area contributed by atoms with Crippen LogP contribution in [0.25, 0.3) is 0 Å². The molecule has 1 amide bonds. The summed E-state index contributed by atoms with van der Waals surface area (Å²) in [6.07, 6.45) is 29.5. The van der Waals surface area contributed by atoms with Gasteiger partial charge in [0.15, 0.2) is 0 Å². The Labute approximate surface area is 205 Å². The molecule has 0 aromatic rings. The fraction of sp³-hybridized carbons (Fsp3) is 0.828. The number of allylic oxidation sites excluding steroid dienone is 4. The molecule has 1 saturated heterocycles. The molecule has 1 aliphatic rings. The second kappa shape index (κ2) is 22.7. The normalized spacial score (nSPS) is 16.5. The molecule has 0 aromatic heterocycles. The van der Waals surface area contributed by atoms with Crippen molar-refractivity contribution in [2.24, 2.45) is 11.7 Å². The van der Waals surface area contributed by atoms with E-state index in [4.69, 9.17) is 10.5 Å². The average Bonchev–Trinajstić information content (AvgIpc) is 3.30. The van der Waals surface area contributed by atoms with Crippen molar-refractivity contribution < 1.29 is 9.53 Å². The number of likely N-dealkylation sites (tertiary alicyclic amines) is 1. The van der Waals surface area contributed by atoms with Crippen molar-refractivity contribution in [2.45, 2.75) is 116 Å². The van der Waals surface area contributed by atoms with E-state index in [-0.39, 0.29) is 0 Å². The van der Waals surface area contributed by atoms with Crippen LogP contribution in [0.5, 0.6) is 0 Å². The van der Waals surface area contributed by atoms with Crippen LogP contribution in [-0.2, 0) is 9.53 Å². The largest absolute Gasteiger partial charge is 0.381 e. The lowest BCUT2D eigenvalue weighted by Crippen LogP contribution is -2.29. The Kier molecular flexibility index (Phi) is 20.5. The molecule has 0 bridgehead atoms. The van der Waals surface area contributed by atoms with Crippen LogP contribution >= 0.6 is 0 Å². The second-order valence-corrected chi connectivity index (χ2v) is 9.75. The molecule has 1 atom stereocenters. The third-order valence-electron chi connectivity index (χ3n) is 6.58. The Morgan fingerprint density at radius 3 is 2.27 bits per heavy atom. The Bertz CT molecular complexity index is 504. The van der Waals surface area contributed by atoms with Gasteiger partial charge in [-0.1, -0.05) is 76.2 Å². The summed E-state index contributed by atoms with van der Waals surface area (Å²) in [7, 11) is 0. The Morgan fingerprint density at radius 1 is 0.879 bits per heavy atom. The zero-order valence-electron chi connectivity index (χ0n) is 21.8. The average molecular weight is 463 g/mol. The van der Waals surface area contributed by atoms with E-state index in [2.05, 4.69) is 31.2 Å². The van der Waals surface area contributed by atoms with E-state index < -0.39 is 0 Å². The highest BCUT2D eigenvalue weighted by Gasteiger charge is 2.25. The molecule has 0 radical (unpaired) electrons. The van der Waals surface area contributed by atoms with Gasteiger partial charge in [-0.3, -0.25) is 4.79 Å². The molecule has 2 N–H and O–H groups in total. The second-order valence-electron chi connectivity index (χ2n) is 9.75. The van der Waals surface area contributed by atoms with Crippen molar-refractivity contribution in [3.8, 4) is 0 Å². The van der Waals surface area contributed by atoms with Gasteiger partial charge in [-0.15, -0.1) is 0 Å². The van der Waals surface area contributed by atoms with E-state index in [1.807, 2.05) is 4.90 Å². The van der Waals surface area contributed by atoms with E-state index >= 15 is 0 Å². The van der Waals surface area contributed by atoms with Gasteiger partial charge in [-0.2, -0.15) is 0 Å². The van der Waals surface area contributed by atoms with E-state index in [1.165, 1.54) is 70.6 Å². The topological polar surface area (TPSA) is 55.6 Å².